The van der Waals surface area contributed by atoms with Gasteiger partial charge in [0.25, 0.3) is 0 Å². The first-order chi connectivity index (χ1) is 11.0. The Kier molecular flexibility index (Phi) is 4.42. The molecule has 6 unspecified atom stereocenters. The standard InChI is InChI=1S/C19H27IO2S/c1-18-9-7-13(22-23-20)11-12(18)3-4-14-15-5-6-17(21)19(15,2)10-8-16(14)18/h3,13-16H,4-11H2,1-2H3. The number of halogens is 1. The molecule has 0 aromatic carbocycles. The van der Waals surface area contributed by atoms with Crippen molar-refractivity contribution in [1.82, 2.24) is 0 Å². The van der Waals surface area contributed by atoms with Gasteiger partial charge in [0, 0.05) is 33.0 Å². The number of carbonyl (C=O) groups excluding carboxylic acids is 1. The lowest BCUT2D eigenvalue weighted by Crippen LogP contribution is -2.50. The second-order valence-electron chi connectivity index (χ2n) is 8.70. The maximum absolute atomic E-state index is 12.4. The SMILES string of the molecule is CC12CCC3C(CC=C4CC(OSI)CCC43C)C1CCC2=O. The van der Waals surface area contributed by atoms with Gasteiger partial charge >= 0.3 is 0 Å². The molecule has 0 aliphatic heterocycles. The summed E-state index contributed by atoms with van der Waals surface area (Å²) in [5.41, 5.74) is 2.03. The molecule has 0 amide bonds. The van der Waals surface area contributed by atoms with Gasteiger partial charge in [0.15, 0.2) is 0 Å². The van der Waals surface area contributed by atoms with Crippen molar-refractivity contribution in [2.24, 2.45) is 28.6 Å². The van der Waals surface area contributed by atoms with E-state index in [0.717, 1.165) is 37.5 Å². The third-order valence-corrected chi connectivity index (χ3v) is 8.91. The maximum atomic E-state index is 12.4. The van der Waals surface area contributed by atoms with Crippen LogP contribution in [0, 0.1) is 28.6 Å². The molecule has 0 radical (unpaired) electrons. The van der Waals surface area contributed by atoms with E-state index in [9.17, 15) is 4.79 Å². The second kappa shape index (κ2) is 6.01. The number of ketones is 1. The molecule has 0 heterocycles. The van der Waals surface area contributed by atoms with Gasteiger partial charge in [-0.15, -0.1) is 0 Å². The zero-order valence-corrected chi connectivity index (χ0v) is 17.1. The fraction of sp³-hybridized carbons (Fsp3) is 0.842. The van der Waals surface area contributed by atoms with Crippen LogP contribution in [0.1, 0.15) is 65.2 Å². The Morgan fingerprint density at radius 1 is 1.17 bits per heavy atom. The molecule has 0 spiro atoms. The van der Waals surface area contributed by atoms with Crippen molar-refractivity contribution < 1.29 is 8.98 Å². The summed E-state index contributed by atoms with van der Waals surface area (Å²) in [5.74, 6) is 2.73. The molecule has 0 bridgehead atoms. The van der Waals surface area contributed by atoms with Crippen LogP contribution >= 0.6 is 30.4 Å². The van der Waals surface area contributed by atoms with Crippen LogP contribution in [-0.2, 0) is 8.98 Å². The Labute approximate surface area is 156 Å². The summed E-state index contributed by atoms with van der Waals surface area (Å²) in [6.07, 6.45) is 12.1. The summed E-state index contributed by atoms with van der Waals surface area (Å²) >= 11 is 2.23. The zero-order chi connectivity index (χ0) is 16.2. The lowest BCUT2D eigenvalue weighted by Gasteiger charge is -2.56. The summed E-state index contributed by atoms with van der Waals surface area (Å²) in [6.45, 7) is 4.79. The first kappa shape index (κ1) is 16.9. The van der Waals surface area contributed by atoms with Gasteiger partial charge in [0.05, 0.1) is 15.3 Å². The second-order valence-corrected chi connectivity index (χ2v) is 10.1. The van der Waals surface area contributed by atoms with Crippen molar-refractivity contribution in [1.29, 1.82) is 0 Å². The predicted octanol–water partition coefficient (Wildman–Crippen LogP) is 5.90. The highest BCUT2D eigenvalue weighted by Gasteiger charge is 2.58. The maximum Gasteiger partial charge on any atom is 0.139 e. The van der Waals surface area contributed by atoms with Gasteiger partial charge in [0.2, 0.25) is 0 Å². The third-order valence-electron chi connectivity index (χ3n) is 7.94. The van der Waals surface area contributed by atoms with Crippen LogP contribution in [0.3, 0.4) is 0 Å². The molecule has 2 nitrogen and oxygen atoms in total. The molecule has 4 aliphatic rings. The van der Waals surface area contributed by atoms with Gasteiger partial charge in [-0.05, 0) is 68.1 Å². The molecule has 0 aromatic heterocycles. The number of fused-ring (bicyclic) bond motifs is 5. The molecular weight excluding hydrogens is 419 g/mol. The minimum atomic E-state index is 0.00103. The summed E-state index contributed by atoms with van der Waals surface area (Å²) in [7, 11) is 1.49. The average Bonchev–Trinajstić information content (AvgIpc) is 2.84. The first-order valence-corrected chi connectivity index (χ1v) is 12.4. The highest BCUT2D eigenvalue weighted by molar-refractivity contribution is 14.2. The Hall–Kier alpha value is 0.450. The van der Waals surface area contributed by atoms with Crippen LogP contribution in [0.4, 0.5) is 0 Å². The van der Waals surface area contributed by atoms with Crippen molar-refractivity contribution in [3.63, 3.8) is 0 Å². The van der Waals surface area contributed by atoms with Crippen molar-refractivity contribution >= 4 is 36.2 Å². The van der Waals surface area contributed by atoms with E-state index in [0.29, 0.717) is 23.2 Å². The van der Waals surface area contributed by atoms with E-state index in [2.05, 4.69) is 41.1 Å². The van der Waals surface area contributed by atoms with E-state index in [-0.39, 0.29) is 5.41 Å². The third kappa shape index (κ3) is 2.49. The van der Waals surface area contributed by atoms with Crippen molar-refractivity contribution in [3.8, 4) is 0 Å². The van der Waals surface area contributed by atoms with E-state index in [4.69, 9.17) is 4.18 Å². The Morgan fingerprint density at radius 3 is 2.70 bits per heavy atom. The van der Waals surface area contributed by atoms with Crippen LogP contribution < -0.4 is 0 Å². The molecule has 4 heteroatoms. The molecule has 4 aliphatic carbocycles. The molecule has 4 rings (SSSR count). The number of hydrogen-bond acceptors (Lipinski definition) is 3. The van der Waals surface area contributed by atoms with Gasteiger partial charge in [-0.3, -0.25) is 4.79 Å². The molecule has 6 atom stereocenters. The zero-order valence-electron chi connectivity index (χ0n) is 14.1. The molecule has 3 fully saturated rings. The first-order valence-electron chi connectivity index (χ1n) is 9.16. The highest BCUT2D eigenvalue weighted by atomic mass is 127. The fourth-order valence-corrected chi connectivity index (χ4v) is 7.68. The minimum Gasteiger partial charge on any atom is -0.302 e. The Morgan fingerprint density at radius 2 is 1.91 bits per heavy atom. The predicted molar refractivity (Wildman–Crippen MR) is 103 cm³/mol. The van der Waals surface area contributed by atoms with Crippen LogP contribution in [0.5, 0.6) is 0 Å². The monoisotopic (exact) mass is 446 g/mol. The topological polar surface area (TPSA) is 26.3 Å². The summed E-state index contributed by atoms with van der Waals surface area (Å²) in [6, 6.07) is 0. The van der Waals surface area contributed by atoms with Crippen molar-refractivity contribution in [2.75, 3.05) is 0 Å². The van der Waals surface area contributed by atoms with E-state index < -0.39 is 0 Å². The Bertz CT molecular complexity index is 547. The molecular formula is C19H27IO2S. The largest absolute Gasteiger partial charge is 0.302 e. The van der Waals surface area contributed by atoms with Gasteiger partial charge in [-0.1, -0.05) is 25.5 Å². The van der Waals surface area contributed by atoms with Gasteiger partial charge in [-0.25, -0.2) is 0 Å². The van der Waals surface area contributed by atoms with Crippen molar-refractivity contribution in [3.05, 3.63) is 11.6 Å². The number of rotatable bonds is 2. The van der Waals surface area contributed by atoms with Crippen LogP contribution in [0.25, 0.3) is 0 Å². The van der Waals surface area contributed by atoms with E-state index in [1.54, 1.807) is 5.57 Å². The van der Waals surface area contributed by atoms with Gasteiger partial charge < -0.3 is 4.18 Å². The lowest BCUT2D eigenvalue weighted by molar-refractivity contribution is -0.131. The molecule has 23 heavy (non-hydrogen) atoms. The molecule has 128 valence electrons. The lowest BCUT2D eigenvalue weighted by atomic mass is 9.48. The normalized spacial score (nSPS) is 49.2. The van der Waals surface area contributed by atoms with E-state index in [1.807, 2.05) is 0 Å². The molecule has 0 aromatic rings. The molecule has 0 saturated heterocycles. The summed E-state index contributed by atoms with van der Waals surface area (Å²) in [5, 5.41) is 0. The number of hydrogen-bond donors (Lipinski definition) is 0. The quantitative estimate of drug-likeness (QED) is 0.300. The fourth-order valence-electron chi connectivity index (χ4n) is 6.53. The van der Waals surface area contributed by atoms with Crippen LogP contribution in [0.2, 0.25) is 0 Å². The number of allylic oxidation sites excluding steroid dienone is 1. The summed E-state index contributed by atoms with van der Waals surface area (Å²) < 4.78 is 5.83. The van der Waals surface area contributed by atoms with E-state index in [1.165, 1.54) is 34.9 Å². The van der Waals surface area contributed by atoms with Gasteiger partial charge in [0.1, 0.15) is 5.78 Å². The molecule has 3 saturated carbocycles. The minimum absolute atomic E-state index is 0.00103. The van der Waals surface area contributed by atoms with E-state index >= 15 is 0 Å². The summed E-state index contributed by atoms with van der Waals surface area (Å²) in [4.78, 5) is 12.4. The highest BCUT2D eigenvalue weighted by Crippen LogP contribution is 2.64. The Balaban J connectivity index is 1.61. The smallest absolute Gasteiger partial charge is 0.139 e. The van der Waals surface area contributed by atoms with Crippen LogP contribution in [0.15, 0.2) is 11.6 Å². The van der Waals surface area contributed by atoms with Gasteiger partial charge in [-0.2, -0.15) is 0 Å². The average molecular weight is 446 g/mol. The van der Waals surface area contributed by atoms with Crippen molar-refractivity contribution in [2.45, 2.75) is 71.3 Å². The molecule has 0 N–H and O–H groups in total. The number of Topliss-reactive ketones (excluding diaryl/α,β-unsaturated/α-hetero) is 1. The number of carbonyl (C=O) groups is 1. The van der Waals surface area contributed by atoms with Crippen LogP contribution in [-0.4, -0.2) is 11.9 Å².